The van der Waals surface area contributed by atoms with E-state index in [9.17, 15) is 4.79 Å². The van der Waals surface area contributed by atoms with Gasteiger partial charge in [-0.25, -0.2) is 0 Å². The van der Waals surface area contributed by atoms with Crippen molar-refractivity contribution in [1.82, 2.24) is 10.3 Å². The summed E-state index contributed by atoms with van der Waals surface area (Å²) in [5.74, 6) is 0.493. The highest BCUT2D eigenvalue weighted by atomic mass is 32.1. The molecule has 0 aliphatic heterocycles. The lowest BCUT2D eigenvalue weighted by atomic mass is 9.85. The third kappa shape index (κ3) is 2.06. The van der Waals surface area contributed by atoms with Crippen molar-refractivity contribution in [3.8, 4) is 0 Å². The maximum atomic E-state index is 11.4. The smallest absolute Gasteiger partial charge is 0.223 e. The molecule has 1 heterocycles. The molecule has 1 aromatic rings. The van der Waals surface area contributed by atoms with E-state index in [-0.39, 0.29) is 11.8 Å². The summed E-state index contributed by atoms with van der Waals surface area (Å²) >= 11 is 1.58. The monoisotopic (exact) mass is 196 g/mol. The van der Waals surface area contributed by atoms with Gasteiger partial charge < -0.3 is 5.32 Å². The van der Waals surface area contributed by atoms with E-state index < -0.39 is 0 Å². The molecule has 1 saturated carbocycles. The highest BCUT2D eigenvalue weighted by molar-refractivity contribution is 7.09. The molecule has 0 saturated heterocycles. The van der Waals surface area contributed by atoms with Gasteiger partial charge in [0.2, 0.25) is 5.91 Å². The number of carbonyl (C=O) groups is 1. The number of hydrogen-bond donors (Lipinski definition) is 1. The molecule has 0 spiro atoms. The summed E-state index contributed by atoms with van der Waals surface area (Å²) in [5, 5.41) is 2.92. The minimum Gasteiger partial charge on any atom is -0.351 e. The Labute approximate surface area is 81.2 Å². The van der Waals surface area contributed by atoms with E-state index in [4.69, 9.17) is 0 Å². The van der Waals surface area contributed by atoms with Gasteiger partial charge in [-0.05, 0) is 12.8 Å². The molecule has 0 radical (unpaired) electrons. The highest BCUT2D eigenvalue weighted by Gasteiger charge is 2.24. The second kappa shape index (κ2) is 3.87. The molecule has 0 bridgehead atoms. The molecule has 1 aliphatic carbocycles. The summed E-state index contributed by atoms with van der Waals surface area (Å²) in [5.41, 5.74) is 1.78. The van der Waals surface area contributed by atoms with E-state index in [1.165, 1.54) is 6.42 Å². The Morgan fingerprint density at radius 2 is 2.54 bits per heavy atom. The molecule has 1 fully saturated rings. The number of amides is 1. The Hall–Kier alpha value is -0.900. The van der Waals surface area contributed by atoms with Gasteiger partial charge >= 0.3 is 0 Å². The third-order valence-corrected chi connectivity index (χ3v) is 3.18. The molecule has 1 aliphatic rings. The lowest BCUT2D eigenvalue weighted by Crippen LogP contribution is -2.33. The average Bonchev–Trinajstić information content (AvgIpc) is 2.49. The Balaban J connectivity index is 1.76. The van der Waals surface area contributed by atoms with Gasteiger partial charge in [-0.15, -0.1) is 11.3 Å². The number of thiazole rings is 1. The van der Waals surface area contributed by atoms with Crippen molar-refractivity contribution in [3.05, 3.63) is 16.6 Å². The molecule has 1 aromatic heterocycles. The van der Waals surface area contributed by atoms with Crippen LogP contribution in [0.3, 0.4) is 0 Å². The lowest BCUT2D eigenvalue weighted by molar-refractivity contribution is -0.127. The van der Waals surface area contributed by atoms with E-state index >= 15 is 0 Å². The van der Waals surface area contributed by atoms with Crippen molar-refractivity contribution in [2.24, 2.45) is 5.92 Å². The molecule has 0 aromatic carbocycles. The second-order valence-electron chi connectivity index (χ2n) is 3.31. The van der Waals surface area contributed by atoms with Crippen LogP contribution >= 0.6 is 11.3 Å². The average molecular weight is 196 g/mol. The quantitative estimate of drug-likeness (QED) is 0.797. The van der Waals surface area contributed by atoms with Crippen LogP contribution in [0.4, 0.5) is 0 Å². The zero-order chi connectivity index (χ0) is 9.10. The van der Waals surface area contributed by atoms with Gasteiger partial charge in [0.15, 0.2) is 0 Å². The number of aromatic nitrogens is 1. The van der Waals surface area contributed by atoms with E-state index in [2.05, 4.69) is 10.3 Å². The van der Waals surface area contributed by atoms with Crippen LogP contribution in [0.15, 0.2) is 11.7 Å². The Bertz CT molecular complexity index is 280. The van der Waals surface area contributed by atoms with Crippen molar-refractivity contribution in [1.29, 1.82) is 0 Å². The van der Waals surface area contributed by atoms with E-state index in [1.54, 1.807) is 23.0 Å². The van der Waals surface area contributed by atoms with Crippen molar-refractivity contribution in [2.45, 2.75) is 25.8 Å². The number of nitrogens with one attached hydrogen (secondary N) is 1. The SMILES string of the molecule is O=C(NCc1cncs1)C1CCC1. The van der Waals surface area contributed by atoms with E-state index in [1.807, 2.05) is 0 Å². The largest absolute Gasteiger partial charge is 0.351 e. The van der Waals surface area contributed by atoms with Crippen molar-refractivity contribution < 1.29 is 4.79 Å². The minimum atomic E-state index is 0.208. The van der Waals surface area contributed by atoms with Gasteiger partial charge in [-0.2, -0.15) is 0 Å². The molecule has 2 rings (SSSR count). The maximum Gasteiger partial charge on any atom is 0.223 e. The fourth-order valence-electron chi connectivity index (χ4n) is 1.32. The Kier molecular flexibility index (Phi) is 2.59. The van der Waals surface area contributed by atoms with Gasteiger partial charge in [0.25, 0.3) is 0 Å². The summed E-state index contributed by atoms with van der Waals surface area (Å²) in [4.78, 5) is 16.5. The predicted molar refractivity (Wildman–Crippen MR) is 51.3 cm³/mol. The Morgan fingerprint density at radius 3 is 3.08 bits per heavy atom. The second-order valence-corrected chi connectivity index (χ2v) is 4.28. The van der Waals surface area contributed by atoms with Gasteiger partial charge in [0.1, 0.15) is 0 Å². The zero-order valence-electron chi connectivity index (χ0n) is 7.32. The van der Waals surface area contributed by atoms with Gasteiger partial charge in [0.05, 0.1) is 12.1 Å². The first-order valence-corrected chi connectivity index (χ1v) is 5.39. The van der Waals surface area contributed by atoms with Gasteiger partial charge in [-0.1, -0.05) is 6.42 Å². The summed E-state index contributed by atoms with van der Waals surface area (Å²) in [7, 11) is 0. The van der Waals surface area contributed by atoms with Crippen molar-refractivity contribution in [2.75, 3.05) is 0 Å². The Morgan fingerprint density at radius 1 is 1.69 bits per heavy atom. The first kappa shape index (κ1) is 8.69. The van der Waals surface area contributed by atoms with Gasteiger partial charge in [-0.3, -0.25) is 9.78 Å². The number of rotatable bonds is 3. The van der Waals surface area contributed by atoms with Crippen LogP contribution in [0.2, 0.25) is 0 Å². The van der Waals surface area contributed by atoms with Crippen LogP contribution in [0.5, 0.6) is 0 Å². The van der Waals surface area contributed by atoms with Crippen molar-refractivity contribution >= 4 is 17.2 Å². The molecule has 4 heteroatoms. The topological polar surface area (TPSA) is 42.0 Å². The number of carbonyl (C=O) groups excluding carboxylic acids is 1. The first-order valence-electron chi connectivity index (χ1n) is 4.51. The molecule has 3 nitrogen and oxygen atoms in total. The molecule has 70 valence electrons. The van der Waals surface area contributed by atoms with Crippen LogP contribution in [-0.2, 0) is 11.3 Å². The molecule has 1 N–H and O–H groups in total. The molecule has 0 unspecified atom stereocenters. The van der Waals surface area contributed by atoms with Crippen LogP contribution < -0.4 is 5.32 Å². The summed E-state index contributed by atoms with van der Waals surface area (Å²) in [6.07, 6.45) is 5.13. The summed E-state index contributed by atoms with van der Waals surface area (Å²) < 4.78 is 0. The molecular formula is C9H12N2OS. The fraction of sp³-hybridized carbons (Fsp3) is 0.556. The summed E-state index contributed by atoms with van der Waals surface area (Å²) in [6, 6.07) is 0. The van der Waals surface area contributed by atoms with Crippen molar-refractivity contribution in [3.63, 3.8) is 0 Å². The molecule has 1 amide bonds. The van der Waals surface area contributed by atoms with E-state index in [0.717, 1.165) is 17.7 Å². The highest BCUT2D eigenvalue weighted by Crippen LogP contribution is 2.26. The van der Waals surface area contributed by atoms with E-state index in [0.29, 0.717) is 6.54 Å². The summed E-state index contributed by atoms with van der Waals surface area (Å²) in [6.45, 7) is 0.639. The zero-order valence-corrected chi connectivity index (χ0v) is 8.14. The lowest BCUT2D eigenvalue weighted by Gasteiger charge is -2.23. The normalized spacial score (nSPS) is 16.6. The molecular weight excluding hydrogens is 184 g/mol. The maximum absolute atomic E-state index is 11.4. The van der Waals surface area contributed by atoms with Crippen LogP contribution in [-0.4, -0.2) is 10.9 Å². The number of nitrogens with zero attached hydrogens (tertiary/aromatic N) is 1. The fourth-order valence-corrected chi connectivity index (χ4v) is 1.85. The molecule has 13 heavy (non-hydrogen) atoms. The standard InChI is InChI=1S/C9H12N2OS/c12-9(7-2-1-3-7)11-5-8-4-10-6-13-8/h4,6-7H,1-3,5H2,(H,11,12). The minimum absolute atomic E-state index is 0.208. The number of hydrogen-bond acceptors (Lipinski definition) is 3. The van der Waals surface area contributed by atoms with Crippen LogP contribution in [0.1, 0.15) is 24.1 Å². The predicted octanol–water partition coefficient (Wildman–Crippen LogP) is 1.56. The van der Waals surface area contributed by atoms with Crippen LogP contribution in [0, 0.1) is 5.92 Å². The first-order chi connectivity index (χ1) is 6.36. The van der Waals surface area contributed by atoms with Gasteiger partial charge in [0, 0.05) is 17.0 Å². The van der Waals surface area contributed by atoms with Crippen LogP contribution in [0.25, 0.3) is 0 Å². The third-order valence-electron chi connectivity index (χ3n) is 2.40. The molecule has 0 atom stereocenters.